The molecular formula is C26H26BrCl2N3O4S. The number of likely N-dealkylation sites (N-methyl/N-ethyl adjacent to an activating group) is 1. The van der Waals surface area contributed by atoms with E-state index in [1.54, 1.807) is 67.6 Å². The number of hydrogen-bond donors (Lipinski definition) is 1. The third-order valence-electron chi connectivity index (χ3n) is 5.71. The van der Waals surface area contributed by atoms with Crippen molar-refractivity contribution in [3.05, 3.63) is 92.9 Å². The van der Waals surface area contributed by atoms with Crippen molar-refractivity contribution < 1.29 is 18.0 Å². The van der Waals surface area contributed by atoms with E-state index in [9.17, 15) is 18.0 Å². The van der Waals surface area contributed by atoms with Gasteiger partial charge in [0, 0.05) is 28.1 Å². The number of nitrogens with zero attached hydrogens (tertiary/aromatic N) is 2. The Morgan fingerprint density at radius 3 is 2.22 bits per heavy atom. The van der Waals surface area contributed by atoms with Crippen LogP contribution in [0.15, 0.2) is 82.2 Å². The van der Waals surface area contributed by atoms with Crippen LogP contribution in [0.25, 0.3) is 0 Å². The van der Waals surface area contributed by atoms with Gasteiger partial charge in [0.1, 0.15) is 12.6 Å². The van der Waals surface area contributed by atoms with Crippen LogP contribution in [0.4, 0.5) is 5.69 Å². The summed E-state index contributed by atoms with van der Waals surface area (Å²) in [6.45, 7) is 1.23. The van der Waals surface area contributed by atoms with Gasteiger partial charge in [-0.05, 0) is 60.5 Å². The molecule has 3 aromatic rings. The normalized spacial score (nSPS) is 12.0. The van der Waals surface area contributed by atoms with Gasteiger partial charge < -0.3 is 10.2 Å². The molecule has 0 aliphatic heterocycles. The van der Waals surface area contributed by atoms with E-state index >= 15 is 0 Å². The zero-order valence-corrected chi connectivity index (χ0v) is 24.1. The molecule has 2 amide bonds. The predicted molar refractivity (Wildman–Crippen MR) is 150 cm³/mol. The van der Waals surface area contributed by atoms with Crippen LogP contribution in [0, 0.1) is 0 Å². The lowest BCUT2D eigenvalue weighted by atomic mass is 10.1. The molecule has 0 aromatic heterocycles. The Labute approximate surface area is 235 Å². The van der Waals surface area contributed by atoms with Gasteiger partial charge in [-0.3, -0.25) is 13.9 Å². The van der Waals surface area contributed by atoms with Gasteiger partial charge in [0.25, 0.3) is 10.0 Å². The summed E-state index contributed by atoms with van der Waals surface area (Å²) in [4.78, 5) is 28.0. The van der Waals surface area contributed by atoms with Crippen molar-refractivity contribution in [1.29, 1.82) is 0 Å². The van der Waals surface area contributed by atoms with Crippen LogP contribution in [-0.4, -0.2) is 44.8 Å². The summed E-state index contributed by atoms with van der Waals surface area (Å²) in [5.74, 6) is -0.939. The number of rotatable bonds is 10. The van der Waals surface area contributed by atoms with E-state index in [4.69, 9.17) is 23.2 Å². The first-order valence-electron chi connectivity index (χ1n) is 11.4. The molecule has 0 aliphatic rings. The van der Waals surface area contributed by atoms with E-state index < -0.39 is 28.5 Å². The molecule has 0 unspecified atom stereocenters. The largest absolute Gasteiger partial charge is 0.357 e. The number of carbonyl (C=O) groups is 2. The first-order chi connectivity index (χ1) is 17.6. The maximum atomic E-state index is 13.8. The molecule has 0 saturated heterocycles. The van der Waals surface area contributed by atoms with Crippen LogP contribution in [0.2, 0.25) is 10.0 Å². The number of benzene rings is 3. The van der Waals surface area contributed by atoms with E-state index in [0.717, 1.165) is 8.78 Å². The second-order valence-electron chi connectivity index (χ2n) is 8.10. The molecular weight excluding hydrogens is 601 g/mol. The van der Waals surface area contributed by atoms with E-state index in [1.165, 1.54) is 24.1 Å². The smallest absolute Gasteiger partial charge is 0.264 e. The average Bonchev–Trinajstić information content (AvgIpc) is 2.89. The maximum Gasteiger partial charge on any atom is 0.264 e. The minimum atomic E-state index is -4.11. The molecule has 0 bridgehead atoms. The molecule has 37 heavy (non-hydrogen) atoms. The number of hydrogen-bond acceptors (Lipinski definition) is 4. The van der Waals surface area contributed by atoms with Crippen LogP contribution >= 0.6 is 39.1 Å². The fourth-order valence-corrected chi connectivity index (χ4v) is 5.94. The van der Waals surface area contributed by atoms with Gasteiger partial charge in [0.2, 0.25) is 11.8 Å². The molecule has 0 fully saturated rings. The Balaban J connectivity index is 2.06. The third kappa shape index (κ3) is 7.04. The Hall–Kier alpha value is -2.59. The molecule has 1 N–H and O–H groups in total. The number of anilines is 1. The van der Waals surface area contributed by atoms with Crippen LogP contribution in [0.1, 0.15) is 18.9 Å². The van der Waals surface area contributed by atoms with E-state index in [-0.39, 0.29) is 17.3 Å². The SMILES string of the molecule is CC[C@@H](C(=O)NC)N(Cc1ccc(Cl)cc1Cl)C(=O)CN(c1ccc(Br)cc1)S(=O)(=O)c1ccccc1. The highest BCUT2D eigenvalue weighted by Gasteiger charge is 2.33. The van der Waals surface area contributed by atoms with Crippen molar-refractivity contribution in [2.45, 2.75) is 30.8 Å². The highest BCUT2D eigenvalue weighted by molar-refractivity contribution is 9.10. The summed E-state index contributed by atoms with van der Waals surface area (Å²) in [5.41, 5.74) is 0.876. The van der Waals surface area contributed by atoms with E-state index in [1.807, 2.05) is 0 Å². The topological polar surface area (TPSA) is 86.8 Å². The summed E-state index contributed by atoms with van der Waals surface area (Å²) >= 11 is 15.8. The van der Waals surface area contributed by atoms with Gasteiger partial charge in [-0.15, -0.1) is 0 Å². The lowest BCUT2D eigenvalue weighted by molar-refractivity contribution is -0.140. The molecule has 0 radical (unpaired) electrons. The van der Waals surface area contributed by atoms with Crippen molar-refractivity contribution in [2.24, 2.45) is 0 Å². The summed E-state index contributed by atoms with van der Waals surface area (Å²) < 4.78 is 29.2. The summed E-state index contributed by atoms with van der Waals surface area (Å²) in [6, 6.07) is 18.5. The van der Waals surface area contributed by atoms with Crippen molar-refractivity contribution in [3.8, 4) is 0 Å². The summed E-state index contributed by atoms with van der Waals surface area (Å²) in [7, 11) is -2.63. The third-order valence-corrected chi connectivity index (χ3v) is 8.62. The summed E-state index contributed by atoms with van der Waals surface area (Å²) in [5, 5.41) is 3.35. The molecule has 3 aromatic carbocycles. The molecule has 0 spiro atoms. The van der Waals surface area contributed by atoms with E-state index in [0.29, 0.717) is 27.7 Å². The number of carbonyl (C=O) groups excluding carboxylic acids is 2. The molecule has 3 rings (SSSR count). The lowest BCUT2D eigenvalue weighted by Gasteiger charge is -2.33. The Kier molecular flexibility index (Phi) is 10.0. The Morgan fingerprint density at radius 1 is 1.00 bits per heavy atom. The van der Waals surface area contributed by atoms with Gasteiger partial charge in [-0.2, -0.15) is 0 Å². The molecule has 1 atom stereocenters. The number of amides is 2. The molecule has 196 valence electrons. The standard InChI is InChI=1S/C26H26BrCl2N3O4S/c1-3-24(26(34)30-2)31(16-18-9-12-20(28)15-23(18)29)25(33)17-32(21-13-10-19(27)11-14-21)37(35,36)22-7-5-4-6-8-22/h4-15,24H,3,16-17H2,1-2H3,(H,30,34)/t24-/m0/s1. The van der Waals surface area contributed by atoms with Crippen LogP contribution < -0.4 is 9.62 Å². The molecule has 0 saturated carbocycles. The lowest BCUT2D eigenvalue weighted by Crippen LogP contribution is -2.51. The second-order valence-corrected chi connectivity index (χ2v) is 11.7. The van der Waals surface area contributed by atoms with Crippen molar-refractivity contribution in [3.63, 3.8) is 0 Å². The Morgan fingerprint density at radius 2 is 1.65 bits per heavy atom. The minimum absolute atomic E-state index is 0.0136. The number of nitrogens with one attached hydrogen (secondary N) is 1. The van der Waals surface area contributed by atoms with Crippen molar-refractivity contribution in [1.82, 2.24) is 10.2 Å². The minimum Gasteiger partial charge on any atom is -0.357 e. The van der Waals surface area contributed by atoms with Gasteiger partial charge >= 0.3 is 0 Å². The molecule has 0 heterocycles. The van der Waals surface area contributed by atoms with Crippen molar-refractivity contribution >= 4 is 66.7 Å². The van der Waals surface area contributed by atoms with Gasteiger partial charge in [0.15, 0.2) is 0 Å². The van der Waals surface area contributed by atoms with Gasteiger partial charge in [-0.25, -0.2) is 8.42 Å². The van der Waals surface area contributed by atoms with Crippen LogP contribution in [0.3, 0.4) is 0 Å². The molecule has 7 nitrogen and oxygen atoms in total. The number of sulfonamides is 1. The highest BCUT2D eigenvalue weighted by atomic mass is 79.9. The summed E-state index contributed by atoms with van der Waals surface area (Å²) in [6.07, 6.45) is 0.306. The fraction of sp³-hybridized carbons (Fsp3) is 0.231. The van der Waals surface area contributed by atoms with E-state index in [2.05, 4.69) is 21.2 Å². The molecule has 11 heteroatoms. The van der Waals surface area contributed by atoms with Crippen LogP contribution in [0.5, 0.6) is 0 Å². The maximum absolute atomic E-state index is 13.8. The first-order valence-corrected chi connectivity index (χ1v) is 14.4. The zero-order valence-electron chi connectivity index (χ0n) is 20.2. The Bertz CT molecular complexity index is 1360. The highest BCUT2D eigenvalue weighted by Crippen LogP contribution is 2.27. The van der Waals surface area contributed by atoms with Gasteiger partial charge in [0.05, 0.1) is 10.6 Å². The zero-order chi connectivity index (χ0) is 27.2. The van der Waals surface area contributed by atoms with Crippen molar-refractivity contribution in [2.75, 3.05) is 17.9 Å². The fourth-order valence-electron chi connectivity index (χ4n) is 3.78. The van der Waals surface area contributed by atoms with Gasteiger partial charge in [-0.1, -0.05) is 70.3 Å². The first kappa shape index (κ1) is 29.0. The average molecular weight is 627 g/mol. The van der Waals surface area contributed by atoms with Crippen LogP contribution in [-0.2, 0) is 26.2 Å². The predicted octanol–water partition coefficient (Wildman–Crippen LogP) is 5.50. The second kappa shape index (κ2) is 12.8. The quantitative estimate of drug-likeness (QED) is 0.322. The number of halogens is 3. The molecule has 0 aliphatic carbocycles. The monoisotopic (exact) mass is 625 g/mol.